The third kappa shape index (κ3) is 3.97. The number of halogens is 2. The molecule has 2 unspecified atom stereocenters. The van der Waals surface area contributed by atoms with Gasteiger partial charge in [-0.05, 0) is 29.8 Å². The highest BCUT2D eigenvalue weighted by atomic mass is 35.5. The maximum atomic E-state index is 12.2. The van der Waals surface area contributed by atoms with Gasteiger partial charge in [0.15, 0.2) is 6.10 Å². The van der Waals surface area contributed by atoms with Crippen LogP contribution in [0.4, 0.5) is 0 Å². The third-order valence-electron chi connectivity index (χ3n) is 3.82. The summed E-state index contributed by atoms with van der Waals surface area (Å²) >= 11 is 12.1. The quantitative estimate of drug-likeness (QED) is 0.884. The molecule has 0 radical (unpaired) electrons. The molecule has 0 aliphatic carbocycles. The highest BCUT2D eigenvalue weighted by molar-refractivity contribution is 6.42. The Hall–Kier alpha value is -2.04. The van der Waals surface area contributed by atoms with Crippen molar-refractivity contribution in [3.8, 4) is 6.07 Å². The molecule has 1 saturated heterocycles. The minimum absolute atomic E-state index is 0.0103. The molecule has 1 aliphatic rings. The summed E-state index contributed by atoms with van der Waals surface area (Å²) in [5.41, 5.74) is 0.297. The van der Waals surface area contributed by atoms with E-state index in [1.807, 2.05) is 12.1 Å². The molecule has 25 heavy (non-hydrogen) atoms. The molecule has 0 bridgehead atoms. The van der Waals surface area contributed by atoms with E-state index in [1.54, 1.807) is 18.2 Å². The van der Waals surface area contributed by atoms with Crippen LogP contribution in [0.1, 0.15) is 17.2 Å². The largest absolute Gasteiger partial charge is 0.403 e. The summed E-state index contributed by atoms with van der Waals surface area (Å²) in [4.78, 5) is 18.1. The van der Waals surface area contributed by atoms with Crippen molar-refractivity contribution in [3.05, 3.63) is 68.1 Å². The second kappa shape index (κ2) is 7.89. The zero-order chi connectivity index (χ0) is 17.8. The summed E-state index contributed by atoms with van der Waals surface area (Å²) in [5, 5.41) is 13.1. The smallest absolute Gasteiger partial charge is 0.300 e. The van der Waals surface area contributed by atoms with Crippen LogP contribution in [0.15, 0.2) is 41.3 Å². The molecule has 130 valence electrons. The lowest BCUT2D eigenvalue weighted by Crippen LogP contribution is -2.42. The Morgan fingerprint density at radius 3 is 2.92 bits per heavy atom. The zero-order valence-corrected chi connectivity index (χ0v) is 14.6. The summed E-state index contributed by atoms with van der Waals surface area (Å²) in [6.07, 6.45) is 0.536. The number of ether oxygens (including phenoxy) is 1. The van der Waals surface area contributed by atoms with Crippen molar-refractivity contribution in [1.82, 2.24) is 10.0 Å². The Bertz CT molecular complexity index is 863. The number of hydrogen-bond acceptors (Lipinski definition) is 5. The van der Waals surface area contributed by atoms with Gasteiger partial charge in [-0.15, -0.1) is 0 Å². The van der Waals surface area contributed by atoms with Gasteiger partial charge in [-0.3, -0.25) is 4.79 Å². The van der Waals surface area contributed by atoms with E-state index < -0.39 is 17.8 Å². The van der Waals surface area contributed by atoms with Crippen LogP contribution in [0.2, 0.25) is 10.0 Å². The molecule has 8 heteroatoms. The normalized spacial score (nSPS) is 20.5. The number of nitrogens with one attached hydrogen (secondary N) is 1. The molecular formula is C17H15Cl2N3O3. The molecule has 0 saturated carbocycles. The van der Waals surface area contributed by atoms with E-state index in [0.29, 0.717) is 29.7 Å². The first-order valence-electron chi connectivity index (χ1n) is 7.66. The zero-order valence-electron chi connectivity index (χ0n) is 13.1. The first-order valence-corrected chi connectivity index (χ1v) is 8.42. The number of nitrogens with zero attached hydrogens (tertiary/aromatic N) is 2. The fourth-order valence-electron chi connectivity index (χ4n) is 2.60. The molecule has 1 N–H and O–H groups in total. The van der Waals surface area contributed by atoms with E-state index in [2.05, 4.69) is 5.32 Å². The standard InChI is InChI=1S/C17H15Cl2N3O3/c18-13-4-3-11(8-14(13)19)16-15(10-21-5-7-24-16)25-22-6-1-2-12(9-20)17(22)23/h1-4,6,8,15-16,21H,5,7,10H2. The number of rotatable bonds is 3. The lowest BCUT2D eigenvalue weighted by molar-refractivity contribution is -0.0674. The highest BCUT2D eigenvalue weighted by Gasteiger charge is 2.29. The number of nitriles is 1. The van der Waals surface area contributed by atoms with E-state index in [4.69, 9.17) is 38.0 Å². The molecule has 6 nitrogen and oxygen atoms in total. The van der Waals surface area contributed by atoms with Gasteiger partial charge in [0.1, 0.15) is 17.7 Å². The van der Waals surface area contributed by atoms with Gasteiger partial charge in [-0.25, -0.2) is 0 Å². The molecule has 1 aromatic carbocycles. The molecule has 0 spiro atoms. The lowest BCUT2D eigenvalue weighted by Gasteiger charge is -2.26. The summed E-state index contributed by atoms with van der Waals surface area (Å²) in [5.74, 6) is 0. The van der Waals surface area contributed by atoms with Gasteiger partial charge in [0, 0.05) is 19.3 Å². The Morgan fingerprint density at radius 2 is 2.16 bits per heavy atom. The third-order valence-corrected chi connectivity index (χ3v) is 4.55. The van der Waals surface area contributed by atoms with Gasteiger partial charge in [0.2, 0.25) is 0 Å². The van der Waals surface area contributed by atoms with Crippen LogP contribution in [0, 0.1) is 11.3 Å². The second-order valence-electron chi connectivity index (χ2n) is 5.48. The summed E-state index contributed by atoms with van der Waals surface area (Å²) < 4.78 is 6.96. The van der Waals surface area contributed by atoms with E-state index in [9.17, 15) is 4.79 Å². The minimum atomic E-state index is -0.512. The highest BCUT2D eigenvalue weighted by Crippen LogP contribution is 2.29. The van der Waals surface area contributed by atoms with E-state index in [1.165, 1.54) is 12.3 Å². The summed E-state index contributed by atoms with van der Waals surface area (Å²) in [6.45, 7) is 1.61. The second-order valence-corrected chi connectivity index (χ2v) is 6.29. The number of hydrogen-bond donors (Lipinski definition) is 1. The fourth-order valence-corrected chi connectivity index (χ4v) is 2.91. The van der Waals surface area contributed by atoms with Gasteiger partial charge in [0.05, 0.1) is 16.7 Å². The van der Waals surface area contributed by atoms with E-state index in [-0.39, 0.29) is 5.56 Å². The molecule has 1 fully saturated rings. The van der Waals surface area contributed by atoms with Crippen LogP contribution >= 0.6 is 23.2 Å². The maximum Gasteiger partial charge on any atom is 0.300 e. The number of benzene rings is 1. The van der Waals surface area contributed by atoms with Crippen molar-refractivity contribution in [3.63, 3.8) is 0 Å². The minimum Gasteiger partial charge on any atom is -0.403 e. The Balaban J connectivity index is 1.92. The summed E-state index contributed by atoms with van der Waals surface area (Å²) in [6, 6.07) is 10.1. The SMILES string of the molecule is N#Cc1cccn(OC2CNCCOC2c2ccc(Cl)c(Cl)c2)c1=O. The van der Waals surface area contributed by atoms with Crippen molar-refractivity contribution in [2.75, 3.05) is 19.7 Å². The molecular weight excluding hydrogens is 365 g/mol. The van der Waals surface area contributed by atoms with Gasteiger partial charge in [0.25, 0.3) is 0 Å². The molecule has 3 rings (SSSR count). The monoisotopic (exact) mass is 379 g/mol. The Labute approximate surface area is 154 Å². The van der Waals surface area contributed by atoms with Crippen LogP contribution in [-0.4, -0.2) is 30.5 Å². The van der Waals surface area contributed by atoms with Crippen molar-refractivity contribution in [2.24, 2.45) is 0 Å². The first-order chi connectivity index (χ1) is 12.1. The van der Waals surface area contributed by atoms with Crippen molar-refractivity contribution in [2.45, 2.75) is 12.2 Å². The summed E-state index contributed by atoms with van der Waals surface area (Å²) in [7, 11) is 0. The lowest BCUT2D eigenvalue weighted by atomic mass is 10.0. The van der Waals surface area contributed by atoms with Crippen molar-refractivity contribution >= 4 is 23.2 Å². The fraction of sp³-hybridized carbons (Fsp3) is 0.294. The molecule has 1 aromatic heterocycles. The predicted octanol–water partition coefficient (Wildman–Crippen LogP) is 2.19. The van der Waals surface area contributed by atoms with Crippen LogP contribution in [0.3, 0.4) is 0 Å². The van der Waals surface area contributed by atoms with Crippen LogP contribution in [0.5, 0.6) is 0 Å². The van der Waals surface area contributed by atoms with Crippen LogP contribution in [-0.2, 0) is 4.74 Å². The van der Waals surface area contributed by atoms with E-state index in [0.717, 1.165) is 10.3 Å². The number of pyridine rings is 1. The average molecular weight is 380 g/mol. The predicted molar refractivity (Wildman–Crippen MR) is 93.8 cm³/mol. The van der Waals surface area contributed by atoms with Crippen LogP contribution < -0.4 is 15.7 Å². The molecule has 2 atom stereocenters. The Kier molecular flexibility index (Phi) is 5.61. The molecule has 1 aliphatic heterocycles. The maximum absolute atomic E-state index is 12.2. The number of aromatic nitrogens is 1. The topological polar surface area (TPSA) is 76.3 Å². The van der Waals surface area contributed by atoms with Crippen LogP contribution in [0.25, 0.3) is 0 Å². The van der Waals surface area contributed by atoms with Gasteiger partial charge in [-0.2, -0.15) is 9.99 Å². The average Bonchev–Trinajstić information content (AvgIpc) is 2.85. The molecule has 2 heterocycles. The van der Waals surface area contributed by atoms with E-state index >= 15 is 0 Å². The van der Waals surface area contributed by atoms with Crippen molar-refractivity contribution in [1.29, 1.82) is 5.26 Å². The van der Waals surface area contributed by atoms with Gasteiger partial charge < -0.3 is 14.9 Å². The van der Waals surface area contributed by atoms with Crippen molar-refractivity contribution < 1.29 is 9.57 Å². The first kappa shape index (κ1) is 17.8. The molecule has 0 amide bonds. The van der Waals surface area contributed by atoms with Gasteiger partial charge >= 0.3 is 5.56 Å². The molecule has 2 aromatic rings. The van der Waals surface area contributed by atoms with Gasteiger partial charge in [-0.1, -0.05) is 29.3 Å². The Morgan fingerprint density at radius 1 is 1.32 bits per heavy atom.